The molecule has 17 heteroatoms. The van der Waals surface area contributed by atoms with Crippen LogP contribution in [0.2, 0.25) is 0 Å². The number of rotatable bonds is 16. The van der Waals surface area contributed by atoms with Crippen LogP contribution in [0.4, 0.5) is 0 Å². The van der Waals surface area contributed by atoms with Gasteiger partial charge in [0.1, 0.15) is 28.6 Å². The molecule has 0 aliphatic heterocycles. The molecule has 15 nitrogen and oxygen atoms in total. The number of benzene rings is 2. The van der Waals surface area contributed by atoms with Gasteiger partial charge in [-0.05, 0) is 62.2 Å². The third-order valence-corrected chi connectivity index (χ3v) is 8.21. The number of nitrogens with one attached hydrogen (secondary N) is 1. The highest BCUT2D eigenvalue weighted by molar-refractivity contribution is 7.91. The van der Waals surface area contributed by atoms with Crippen LogP contribution in [0.25, 0.3) is 0 Å². The van der Waals surface area contributed by atoms with Gasteiger partial charge in [0.15, 0.2) is 5.75 Å². The summed E-state index contributed by atoms with van der Waals surface area (Å²) in [4.78, 5) is 33.1. The number of hydrogen-bond donors (Lipinski definition) is 2. The van der Waals surface area contributed by atoms with Gasteiger partial charge >= 0.3 is 22.1 Å². The topological polar surface area (TPSA) is 202 Å². The summed E-state index contributed by atoms with van der Waals surface area (Å²) in [7, 11) is -9.59. The van der Waals surface area contributed by atoms with Crippen LogP contribution < -0.4 is 20.2 Å². The number of carbonyl (C=O) groups excluding carboxylic acids is 2. The first-order valence-corrected chi connectivity index (χ1v) is 15.5. The van der Waals surface area contributed by atoms with E-state index >= 15 is 0 Å². The summed E-state index contributed by atoms with van der Waals surface area (Å²) in [6, 6.07) is 8.65. The molecule has 0 spiro atoms. The van der Waals surface area contributed by atoms with Crippen molar-refractivity contribution in [3.63, 3.8) is 0 Å². The van der Waals surface area contributed by atoms with Crippen LogP contribution in [-0.4, -0.2) is 71.9 Å². The number of nitrogens with zero attached hydrogens (tertiary/aromatic N) is 2. The Kier molecular flexibility index (Phi) is 13.0. The maximum atomic E-state index is 13.6. The number of esters is 2. The lowest BCUT2D eigenvalue weighted by atomic mass is 10.2. The van der Waals surface area contributed by atoms with Crippen LogP contribution in [0.1, 0.15) is 32.8 Å². The van der Waals surface area contributed by atoms with Gasteiger partial charge in [0.05, 0.1) is 19.8 Å². The van der Waals surface area contributed by atoms with Gasteiger partial charge in [-0.3, -0.25) is 14.4 Å². The number of carbonyl (C=O) groups is 2. The van der Waals surface area contributed by atoms with Crippen LogP contribution >= 0.6 is 0 Å². The Morgan fingerprint density at radius 1 is 0.905 bits per heavy atom. The van der Waals surface area contributed by atoms with E-state index in [-0.39, 0.29) is 30.7 Å². The molecule has 0 fully saturated rings. The monoisotopic (exact) mass is 630 g/mol. The number of nitrogens with two attached hydrogens (primary N) is 1. The summed E-state index contributed by atoms with van der Waals surface area (Å²) in [5.41, 5.74) is 8.51. The van der Waals surface area contributed by atoms with Crippen molar-refractivity contribution in [3.8, 4) is 11.5 Å². The van der Waals surface area contributed by atoms with E-state index in [4.69, 9.17) is 29.1 Å². The predicted molar refractivity (Wildman–Crippen MR) is 149 cm³/mol. The molecular weight excluding hydrogens is 596 g/mol. The van der Waals surface area contributed by atoms with Crippen LogP contribution in [0.3, 0.4) is 0 Å². The van der Waals surface area contributed by atoms with Crippen molar-refractivity contribution in [2.45, 2.75) is 43.9 Å². The number of hydrogen-bond acceptors (Lipinski definition) is 12. The number of guanidine groups is 1. The van der Waals surface area contributed by atoms with Gasteiger partial charge in [-0.2, -0.15) is 12.7 Å². The lowest BCUT2D eigenvalue weighted by Gasteiger charge is -2.22. The molecular formula is C25H34N4O11S2. The summed E-state index contributed by atoms with van der Waals surface area (Å²) < 4.78 is 69.3. The second kappa shape index (κ2) is 15.9. The van der Waals surface area contributed by atoms with Crippen LogP contribution in [-0.2, 0) is 44.0 Å². The molecule has 2 aromatic rings. The van der Waals surface area contributed by atoms with Gasteiger partial charge in [-0.25, -0.2) is 13.9 Å². The quantitative estimate of drug-likeness (QED) is 0.0674. The smallest absolute Gasteiger partial charge is 0.340 e. The number of oxime groups is 1. The third kappa shape index (κ3) is 10.2. The molecule has 0 unspecified atom stereocenters. The lowest BCUT2D eigenvalue weighted by molar-refractivity contribution is -0.146. The molecule has 2 aromatic carbocycles. The van der Waals surface area contributed by atoms with Gasteiger partial charge in [0, 0.05) is 6.07 Å². The minimum atomic E-state index is -4.80. The number of aryl methyl sites for hydroxylation is 1. The van der Waals surface area contributed by atoms with E-state index in [1.54, 1.807) is 6.92 Å². The van der Waals surface area contributed by atoms with E-state index in [0.29, 0.717) is 16.5 Å². The molecule has 2 rings (SSSR count). The summed E-state index contributed by atoms with van der Waals surface area (Å²) in [6.07, 6.45) is 0.730. The van der Waals surface area contributed by atoms with Crippen molar-refractivity contribution < 1.29 is 49.8 Å². The van der Waals surface area contributed by atoms with Gasteiger partial charge in [0.2, 0.25) is 10.0 Å². The molecule has 0 saturated carbocycles. The normalized spacial score (nSPS) is 12.1. The first kappa shape index (κ1) is 34.3. The van der Waals surface area contributed by atoms with Crippen LogP contribution in [0.5, 0.6) is 11.5 Å². The first-order chi connectivity index (χ1) is 19.8. The van der Waals surface area contributed by atoms with Gasteiger partial charge < -0.3 is 24.2 Å². The van der Waals surface area contributed by atoms with Crippen molar-refractivity contribution >= 4 is 38.0 Å². The van der Waals surface area contributed by atoms with E-state index in [1.807, 2.05) is 6.92 Å². The fourth-order valence-electron chi connectivity index (χ4n) is 3.27. The minimum Gasteiger partial charge on any atom is -0.465 e. The van der Waals surface area contributed by atoms with Crippen molar-refractivity contribution in [3.05, 3.63) is 48.0 Å². The third-order valence-electron chi connectivity index (χ3n) is 4.92. The molecule has 0 radical (unpaired) electrons. The molecule has 0 amide bonds. The average molecular weight is 631 g/mol. The Morgan fingerprint density at radius 3 is 2.05 bits per heavy atom. The summed E-state index contributed by atoms with van der Waals surface area (Å²) in [6.45, 7) is 5.09. The second-order valence-corrected chi connectivity index (χ2v) is 11.8. The van der Waals surface area contributed by atoms with E-state index in [0.717, 1.165) is 18.6 Å². The Labute approximate surface area is 244 Å². The van der Waals surface area contributed by atoms with Crippen molar-refractivity contribution in [1.29, 1.82) is 0 Å². The number of sulfonamides is 1. The second-order valence-electron chi connectivity index (χ2n) is 8.37. The maximum absolute atomic E-state index is 13.6. The van der Waals surface area contributed by atoms with Crippen LogP contribution in [0, 0.1) is 6.92 Å². The van der Waals surface area contributed by atoms with Gasteiger partial charge in [0.25, 0.3) is 5.96 Å². The van der Waals surface area contributed by atoms with E-state index in [2.05, 4.69) is 10.6 Å². The number of hydroxylamine groups is 1. The minimum absolute atomic E-state index is 0.0474. The summed E-state index contributed by atoms with van der Waals surface area (Å²) in [5, 5.41) is 3.64. The standard InChI is InChI=1S/C25H34N4O11S2/c1-5-12-38-27-25(26)28-39-19-13-18(4)14-20(15-19)40-42(34,35)22-11-9-8-10-21(22)41(32,33)29(16-23(30)36-6-2)17-24(31)37-7-3/h8-11,13-15H,5-7,12,16-17H2,1-4H3,(H3,26,27,28). The average Bonchev–Trinajstić information content (AvgIpc) is 2.91. The fraction of sp³-hybridized carbons (Fsp3) is 0.400. The lowest BCUT2D eigenvalue weighted by Crippen LogP contribution is -2.41. The summed E-state index contributed by atoms with van der Waals surface area (Å²) in [5.74, 6) is -2.28. The maximum Gasteiger partial charge on any atom is 0.340 e. The van der Waals surface area contributed by atoms with Gasteiger partial charge in [-0.15, -0.1) is 0 Å². The first-order valence-electron chi connectivity index (χ1n) is 12.7. The van der Waals surface area contributed by atoms with E-state index in [9.17, 15) is 26.4 Å². The fourth-order valence-corrected chi connectivity index (χ4v) is 6.29. The number of ether oxygens (including phenoxy) is 2. The predicted octanol–water partition coefficient (Wildman–Crippen LogP) is 1.42. The van der Waals surface area contributed by atoms with Crippen LogP contribution in [0.15, 0.2) is 57.4 Å². The zero-order chi connectivity index (χ0) is 31.3. The summed E-state index contributed by atoms with van der Waals surface area (Å²) >= 11 is 0. The highest BCUT2D eigenvalue weighted by atomic mass is 32.2. The molecule has 0 aliphatic rings. The molecule has 0 heterocycles. The van der Waals surface area contributed by atoms with Crippen molar-refractivity contribution in [2.24, 2.45) is 10.9 Å². The SMILES string of the molecule is CCCONC(N)=NOc1cc(C)cc(OS(=O)(=O)c2ccccc2S(=O)(=O)N(CC(=O)OCC)CC(=O)OCC)c1. The molecule has 42 heavy (non-hydrogen) atoms. The van der Waals surface area contributed by atoms with Crippen molar-refractivity contribution in [2.75, 3.05) is 32.9 Å². The highest BCUT2D eigenvalue weighted by Gasteiger charge is 2.35. The molecule has 0 aliphatic carbocycles. The Hall–Kier alpha value is -3.93. The molecule has 0 aromatic heterocycles. The zero-order valence-electron chi connectivity index (χ0n) is 23.6. The van der Waals surface area contributed by atoms with E-state index in [1.165, 1.54) is 44.2 Å². The molecule has 0 atom stereocenters. The zero-order valence-corrected chi connectivity index (χ0v) is 25.2. The molecule has 0 saturated heterocycles. The Morgan fingerprint density at radius 2 is 1.48 bits per heavy atom. The Balaban J connectivity index is 2.42. The largest absolute Gasteiger partial charge is 0.465 e. The van der Waals surface area contributed by atoms with E-state index < -0.39 is 55.0 Å². The molecule has 232 valence electrons. The highest BCUT2D eigenvalue weighted by Crippen LogP contribution is 2.29. The molecule has 0 bridgehead atoms. The molecule has 3 N–H and O–H groups in total. The van der Waals surface area contributed by atoms with Gasteiger partial charge in [-0.1, -0.05) is 19.1 Å². The Bertz CT molecular complexity index is 1460. The van der Waals surface area contributed by atoms with Crippen molar-refractivity contribution in [1.82, 2.24) is 9.79 Å².